The van der Waals surface area contributed by atoms with Crippen molar-refractivity contribution >= 4 is 11.8 Å². The minimum Gasteiger partial charge on any atom is -0.469 e. The molecule has 1 saturated carbocycles. The van der Waals surface area contributed by atoms with Gasteiger partial charge in [-0.1, -0.05) is 19.4 Å². The molecule has 0 aromatic heterocycles. The third-order valence-corrected chi connectivity index (χ3v) is 2.78. The molecule has 0 heterocycles. The van der Waals surface area contributed by atoms with Crippen LogP contribution in [0.3, 0.4) is 0 Å². The average Bonchev–Trinajstić information content (AvgIpc) is 2.57. The summed E-state index contributed by atoms with van der Waals surface area (Å²) in [5.74, 6) is 0.0750. The minimum absolute atomic E-state index is 0.0940. The molecule has 0 aromatic rings. The molecule has 0 saturated heterocycles. The van der Waals surface area contributed by atoms with Gasteiger partial charge in [-0.25, -0.2) is 0 Å². The van der Waals surface area contributed by atoms with E-state index in [1.165, 1.54) is 7.11 Å². The molecule has 1 rings (SSSR count). The van der Waals surface area contributed by atoms with Crippen LogP contribution in [0.4, 0.5) is 0 Å². The van der Waals surface area contributed by atoms with Crippen LogP contribution in [-0.4, -0.2) is 18.9 Å². The van der Waals surface area contributed by atoms with Gasteiger partial charge in [-0.05, 0) is 24.3 Å². The molecule has 0 aliphatic heterocycles. The van der Waals surface area contributed by atoms with E-state index in [1.54, 1.807) is 0 Å². The Morgan fingerprint density at radius 2 is 2.33 bits per heavy atom. The number of Topliss-reactive ketones (excluding diaryl/α,β-unsaturated/α-hetero) is 1. The molecule has 3 nitrogen and oxygen atoms in total. The SMILES string of the molecule is CCCC=C1C(=O)CCC1CC(=O)OC. The minimum atomic E-state index is -0.225. The Bertz CT molecular complexity index is 279. The molecular formula is C12H18O3. The number of unbranched alkanes of at least 4 members (excludes halogenated alkanes) is 1. The second-order valence-corrected chi connectivity index (χ2v) is 3.89. The molecule has 1 fully saturated rings. The summed E-state index contributed by atoms with van der Waals surface area (Å²) < 4.78 is 4.62. The summed E-state index contributed by atoms with van der Waals surface area (Å²) in [6, 6.07) is 0. The summed E-state index contributed by atoms with van der Waals surface area (Å²) in [5, 5.41) is 0. The quantitative estimate of drug-likeness (QED) is 0.528. The van der Waals surface area contributed by atoms with E-state index in [-0.39, 0.29) is 17.7 Å². The van der Waals surface area contributed by atoms with Gasteiger partial charge >= 0.3 is 5.97 Å². The first-order valence-corrected chi connectivity index (χ1v) is 5.49. The van der Waals surface area contributed by atoms with Gasteiger partial charge in [0.2, 0.25) is 0 Å². The molecule has 1 atom stereocenters. The lowest BCUT2D eigenvalue weighted by atomic mass is 9.97. The van der Waals surface area contributed by atoms with Crippen LogP contribution in [0.2, 0.25) is 0 Å². The van der Waals surface area contributed by atoms with Crippen molar-refractivity contribution in [3.63, 3.8) is 0 Å². The van der Waals surface area contributed by atoms with Crippen molar-refractivity contribution < 1.29 is 14.3 Å². The molecular weight excluding hydrogens is 192 g/mol. The highest BCUT2D eigenvalue weighted by Crippen LogP contribution is 2.31. The number of allylic oxidation sites excluding steroid dienone is 2. The summed E-state index contributed by atoms with van der Waals surface area (Å²) in [5.41, 5.74) is 0.849. The Hall–Kier alpha value is -1.12. The van der Waals surface area contributed by atoms with Crippen LogP contribution >= 0.6 is 0 Å². The molecule has 0 aromatic carbocycles. The van der Waals surface area contributed by atoms with Crippen LogP contribution in [0.5, 0.6) is 0 Å². The highest BCUT2D eigenvalue weighted by atomic mass is 16.5. The van der Waals surface area contributed by atoms with Crippen molar-refractivity contribution in [2.24, 2.45) is 5.92 Å². The number of hydrogen-bond donors (Lipinski definition) is 0. The van der Waals surface area contributed by atoms with Crippen molar-refractivity contribution in [2.45, 2.75) is 39.0 Å². The smallest absolute Gasteiger partial charge is 0.306 e. The largest absolute Gasteiger partial charge is 0.469 e. The Morgan fingerprint density at radius 1 is 1.60 bits per heavy atom. The van der Waals surface area contributed by atoms with Crippen molar-refractivity contribution in [3.05, 3.63) is 11.6 Å². The highest BCUT2D eigenvalue weighted by Gasteiger charge is 2.29. The number of esters is 1. The van der Waals surface area contributed by atoms with Gasteiger partial charge in [0.15, 0.2) is 5.78 Å². The standard InChI is InChI=1S/C12H18O3/c1-3-4-5-10-9(6-7-11(10)13)8-12(14)15-2/h5,9H,3-4,6-8H2,1-2H3. The maximum atomic E-state index is 11.5. The van der Waals surface area contributed by atoms with Gasteiger partial charge in [0.25, 0.3) is 0 Å². The van der Waals surface area contributed by atoms with Gasteiger partial charge in [0, 0.05) is 6.42 Å². The van der Waals surface area contributed by atoms with E-state index in [0.717, 1.165) is 24.8 Å². The van der Waals surface area contributed by atoms with Crippen LogP contribution in [-0.2, 0) is 14.3 Å². The second kappa shape index (κ2) is 5.69. The molecule has 0 N–H and O–H groups in total. The Morgan fingerprint density at radius 3 is 2.93 bits per heavy atom. The summed E-state index contributed by atoms with van der Waals surface area (Å²) in [6.45, 7) is 2.08. The fraction of sp³-hybridized carbons (Fsp3) is 0.667. The van der Waals surface area contributed by atoms with E-state index in [1.807, 2.05) is 6.08 Å². The molecule has 0 bridgehead atoms. The molecule has 0 radical (unpaired) electrons. The lowest BCUT2D eigenvalue weighted by Crippen LogP contribution is -2.10. The van der Waals surface area contributed by atoms with Crippen LogP contribution in [0, 0.1) is 5.92 Å². The Balaban J connectivity index is 2.63. The van der Waals surface area contributed by atoms with Crippen molar-refractivity contribution in [2.75, 3.05) is 7.11 Å². The summed E-state index contributed by atoms with van der Waals surface area (Å²) in [4.78, 5) is 22.7. The van der Waals surface area contributed by atoms with E-state index >= 15 is 0 Å². The summed E-state index contributed by atoms with van der Waals surface area (Å²) in [7, 11) is 1.38. The lowest BCUT2D eigenvalue weighted by Gasteiger charge is -2.08. The topological polar surface area (TPSA) is 43.4 Å². The first-order valence-electron chi connectivity index (χ1n) is 5.49. The van der Waals surface area contributed by atoms with Crippen LogP contribution in [0.1, 0.15) is 39.0 Å². The van der Waals surface area contributed by atoms with Gasteiger partial charge in [-0.15, -0.1) is 0 Å². The number of ketones is 1. The maximum absolute atomic E-state index is 11.5. The van der Waals surface area contributed by atoms with Crippen LogP contribution < -0.4 is 0 Å². The predicted octanol–water partition coefficient (Wildman–Crippen LogP) is 2.26. The third kappa shape index (κ3) is 3.18. The third-order valence-electron chi connectivity index (χ3n) is 2.78. The van der Waals surface area contributed by atoms with Gasteiger partial charge in [-0.2, -0.15) is 0 Å². The second-order valence-electron chi connectivity index (χ2n) is 3.89. The van der Waals surface area contributed by atoms with Crippen molar-refractivity contribution in [1.29, 1.82) is 0 Å². The number of ether oxygens (including phenoxy) is 1. The van der Waals surface area contributed by atoms with Crippen LogP contribution in [0.25, 0.3) is 0 Å². The zero-order chi connectivity index (χ0) is 11.3. The Kier molecular flexibility index (Phi) is 4.53. The van der Waals surface area contributed by atoms with E-state index in [0.29, 0.717) is 12.8 Å². The fourth-order valence-corrected chi connectivity index (χ4v) is 1.91. The van der Waals surface area contributed by atoms with E-state index in [2.05, 4.69) is 11.7 Å². The molecule has 1 aliphatic carbocycles. The molecule has 1 unspecified atom stereocenters. The van der Waals surface area contributed by atoms with E-state index in [4.69, 9.17) is 0 Å². The van der Waals surface area contributed by atoms with E-state index in [9.17, 15) is 9.59 Å². The molecule has 15 heavy (non-hydrogen) atoms. The summed E-state index contributed by atoms with van der Waals surface area (Å²) in [6.07, 6.45) is 5.65. The number of methoxy groups -OCH3 is 1. The average molecular weight is 210 g/mol. The molecule has 3 heteroatoms. The monoisotopic (exact) mass is 210 g/mol. The first kappa shape index (κ1) is 12.0. The maximum Gasteiger partial charge on any atom is 0.306 e. The molecule has 84 valence electrons. The van der Waals surface area contributed by atoms with Crippen molar-refractivity contribution in [1.82, 2.24) is 0 Å². The first-order chi connectivity index (χ1) is 7.19. The molecule has 1 aliphatic rings. The zero-order valence-corrected chi connectivity index (χ0v) is 9.41. The highest BCUT2D eigenvalue weighted by molar-refractivity contribution is 5.98. The Labute approximate surface area is 90.5 Å². The van der Waals surface area contributed by atoms with Gasteiger partial charge in [-0.3, -0.25) is 9.59 Å². The number of carbonyl (C=O) groups is 2. The molecule has 0 spiro atoms. The van der Waals surface area contributed by atoms with Gasteiger partial charge in [0.1, 0.15) is 0 Å². The summed E-state index contributed by atoms with van der Waals surface area (Å²) >= 11 is 0. The van der Waals surface area contributed by atoms with Crippen LogP contribution in [0.15, 0.2) is 11.6 Å². The molecule has 0 amide bonds. The number of carbonyl (C=O) groups excluding carboxylic acids is 2. The fourth-order valence-electron chi connectivity index (χ4n) is 1.91. The van der Waals surface area contributed by atoms with Gasteiger partial charge < -0.3 is 4.74 Å². The van der Waals surface area contributed by atoms with E-state index < -0.39 is 0 Å². The lowest BCUT2D eigenvalue weighted by molar-refractivity contribution is -0.141. The predicted molar refractivity (Wildman–Crippen MR) is 57.4 cm³/mol. The van der Waals surface area contributed by atoms with Gasteiger partial charge in [0.05, 0.1) is 13.5 Å². The zero-order valence-electron chi connectivity index (χ0n) is 9.41. The van der Waals surface area contributed by atoms with Crippen molar-refractivity contribution in [3.8, 4) is 0 Å². The number of hydrogen-bond acceptors (Lipinski definition) is 3. The number of rotatable bonds is 4. The normalized spacial score (nSPS) is 23.5.